The van der Waals surface area contributed by atoms with Crippen molar-refractivity contribution in [1.82, 2.24) is 0 Å². The average molecular weight is 467 g/mol. The normalized spacial score (nSPS) is 14.4. The Morgan fingerprint density at radius 2 is 1.44 bits per heavy atom. The molecule has 0 amide bonds. The zero-order valence-corrected chi connectivity index (χ0v) is 20.4. The van der Waals surface area contributed by atoms with Crippen LogP contribution in [-0.2, 0) is 38.3 Å². The molecule has 0 radical (unpaired) electrons. The number of rotatable bonds is 11. The fourth-order valence-corrected chi connectivity index (χ4v) is 4.36. The van der Waals surface area contributed by atoms with Crippen LogP contribution in [0, 0.1) is 0 Å². The van der Waals surface area contributed by atoms with Gasteiger partial charge in [0.25, 0.3) is 0 Å². The molecule has 2 aromatic carbocycles. The lowest BCUT2D eigenvalue weighted by atomic mass is 9.85. The largest absolute Gasteiger partial charge is 0.489 e. The van der Waals surface area contributed by atoms with Gasteiger partial charge in [0.15, 0.2) is 0 Å². The van der Waals surface area contributed by atoms with E-state index in [-0.39, 0.29) is 13.2 Å². The van der Waals surface area contributed by atoms with E-state index in [0.717, 1.165) is 83.2 Å². The average Bonchev–Trinajstić information content (AvgIpc) is 2.85. The first kappa shape index (κ1) is 25.3. The number of ether oxygens (including phenoxy) is 4. The number of hydrogen-bond acceptors (Lipinski definition) is 6. The van der Waals surface area contributed by atoms with Gasteiger partial charge >= 0.3 is 11.9 Å². The van der Waals surface area contributed by atoms with Crippen molar-refractivity contribution in [3.8, 4) is 11.5 Å². The summed E-state index contributed by atoms with van der Waals surface area (Å²) in [6.07, 6.45) is 6.22. The van der Waals surface area contributed by atoms with E-state index in [0.29, 0.717) is 0 Å². The van der Waals surface area contributed by atoms with Crippen molar-refractivity contribution >= 4 is 22.7 Å². The monoisotopic (exact) mass is 466 g/mol. The van der Waals surface area contributed by atoms with Crippen LogP contribution < -0.4 is 9.47 Å². The smallest absolute Gasteiger partial charge is 0.330 e. The highest BCUT2D eigenvalue weighted by Crippen LogP contribution is 2.45. The second-order valence-corrected chi connectivity index (χ2v) is 8.54. The summed E-state index contributed by atoms with van der Waals surface area (Å²) in [5.74, 6) is 0.751. The topological polar surface area (TPSA) is 71.1 Å². The van der Waals surface area contributed by atoms with E-state index < -0.39 is 24.1 Å². The van der Waals surface area contributed by atoms with E-state index in [1.54, 1.807) is 13.8 Å². The van der Waals surface area contributed by atoms with E-state index in [1.165, 1.54) is 0 Å². The predicted molar refractivity (Wildman–Crippen MR) is 132 cm³/mol. The highest BCUT2D eigenvalue weighted by Gasteiger charge is 2.26. The molecule has 0 saturated carbocycles. The molecule has 0 saturated heterocycles. The minimum absolute atomic E-state index is 0.242. The van der Waals surface area contributed by atoms with Crippen molar-refractivity contribution in [1.29, 1.82) is 0 Å². The number of fused-ring (bicyclic) bond motifs is 2. The maximum atomic E-state index is 11.6. The molecule has 0 aromatic heterocycles. The van der Waals surface area contributed by atoms with Crippen LogP contribution in [0.4, 0.5) is 0 Å². The second-order valence-electron chi connectivity index (χ2n) is 8.54. The predicted octanol–water partition coefficient (Wildman–Crippen LogP) is 5.27. The molecule has 6 nitrogen and oxygen atoms in total. The van der Waals surface area contributed by atoms with Gasteiger partial charge in [0.1, 0.15) is 36.9 Å². The highest BCUT2D eigenvalue weighted by atomic mass is 16.6. The van der Waals surface area contributed by atoms with Gasteiger partial charge < -0.3 is 18.9 Å². The summed E-state index contributed by atoms with van der Waals surface area (Å²) in [6.45, 7) is 13.1. The van der Waals surface area contributed by atoms with Crippen molar-refractivity contribution < 1.29 is 28.5 Å². The Morgan fingerprint density at radius 1 is 0.912 bits per heavy atom. The molecule has 0 aliphatic heterocycles. The lowest BCUT2D eigenvalue weighted by molar-refractivity contribution is -0.144. The summed E-state index contributed by atoms with van der Waals surface area (Å²) in [5, 5.41) is 2.01. The number of aryl methyl sites for hydroxylation is 1. The first-order valence-corrected chi connectivity index (χ1v) is 11.9. The van der Waals surface area contributed by atoms with Crippen molar-refractivity contribution in [3.05, 3.63) is 60.2 Å². The molecule has 6 heteroatoms. The Morgan fingerprint density at radius 3 is 1.97 bits per heavy atom. The second kappa shape index (κ2) is 11.7. The molecule has 0 heterocycles. The number of carbonyl (C=O) groups excluding carboxylic acids is 2. The fourth-order valence-electron chi connectivity index (χ4n) is 4.36. The molecule has 0 spiro atoms. The third-order valence-electron chi connectivity index (χ3n) is 5.91. The molecule has 2 unspecified atom stereocenters. The third-order valence-corrected chi connectivity index (χ3v) is 5.91. The maximum Gasteiger partial charge on any atom is 0.330 e. The zero-order valence-electron chi connectivity index (χ0n) is 20.4. The third kappa shape index (κ3) is 5.79. The first-order valence-electron chi connectivity index (χ1n) is 11.9. The van der Waals surface area contributed by atoms with Crippen molar-refractivity contribution in [2.24, 2.45) is 0 Å². The Balaban J connectivity index is 2.02. The lowest BCUT2D eigenvalue weighted by Crippen LogP contribution is -2.23. The van der Waals surface area contributed by atoms with Gasteiger partial charge in [-0.2, -0.15) is 0 Å². The van der Waals surface area contributed by atoms with E-state index in [9.17, 15) is 9.59 Å². The number of hydrogen-bond donors (Lipinski definition) is 0. The molecule has 34 heavy (non-hydrogen) atoms. The van der Waals surface area contributed by atoms with Crippen molar-refractivity contribution in [3.63, 3.8) is 0 Å². The Labute approximate surface area is 201 Å². The van der Waals surface area contributed by atoms with Crippen LogP contribution in [0.15, 0.2) is 43.5 Å². The summed E-state index contributed by atoms with van der Waals surface area (Å²) < 4.78 is 23.3. The Kier molecular flexibility index (Phi) is 8.74. The van der Waals surface area contributed by atoms with Crippen LogP contribution in [0.5, 0.6) is 11.5 Å². The van der Waals surface area contributed by atoms with Gasteiger partial charge in [-0.3, -0.25) is 0 Å². The molecule has 182 valence electrons. The molecule has 0 fully saturated rings. The van der Waals surface area contributed by atoms with Gasteiger partial charge in [-0.05, 0) is 51.5 Å². The molecular weight excluding hydrogens is 432 g/mol. The van der Waals surface area contributed by atoms with Crippen LogP contribution in [0.2, 0.25) is 0 Å². The fraction of sp³-hybridized carbons (Fsp3) is 0.429. The van der Waals surface area contributed by atoms with Gasteiger partial charge in [-0.15, -0.1) is 0 Å². The van der Waals surface area contributed by atoms with E-state index in [4.69, 9.17) is 18.9 Å². The van der Waals surface area contributed by atoms with Crippen LogP contribution in [-0.4, -0.2) is 37.4 Å². The maximum absolute atomic E-state index is 11.6. The molecule has 3 rings (SSSR count). The summed E-state index contributed by atoms with van der Waals surface area (Å²) >= 11 is 0. The van der Waals surface area contributed by atoms with Crippen LogP contribution in [0.1, 0.15) is 50.3 Å². The van der Waals surface area contributed by atoms with Crippen LogP contribution in [0.25, 0.3) is 10.8 Å². The standard InChI is InChI=1S/C28H34O6/c1-6-20-12-11-15-23-26(20)28(32-17-19(5)34-25(30)8-3)22-14-10-9-13-21(22)27(23)31-16-18(4)33-24(29)7-2/h7-8,11-12,15,18-19H,2-3,6,9-10,13-14,16-17H2,1,4-5H3. The van der Waals surface area contributed by atoms with Gasteiger partial charge in [0.05, 0.1) is 0 Å². The zero-order chi connectivity index (χ0) is 24.7. The molecule has 0 bridgehead atoms. The molecule has 1 aliphatic carbocycles. The molecular formula is C28H34O6. The van der Waals surface area contributed by atoms with Gasteiger partial charge in [-0.1, -0.05) is 38.3 Å². The number of carbonyl (C=O) groups is 2. The minimum atomic E-state index is -0.466. The summed E-state index contributed by atoms with van der Waals surface area (Å²) in [5.41, 5.74) is 3.44. The lowest BCUT2D eigenvalue weighted by Gasteiger charge is -2.27. The van der Waals surface area contributed by atoms with Gasteiger partial charge in [0, 0.05) is 34.1 Å². The van der Waals surface area contributed by atoms with E-state index in [1.807, 2.05) is 12.1 Å². The van der Waals surface area contributed by atoms with Gasteiger partial charge in [-0.25, -0.2) is 9.59 Å². The molecule has 1 aliphatic rings. The Hall–Kier alpha value is -3.28. The molecule has 2 atom stereocenters. The minimum Gasteiger partial charge on any atom is -0.489 e. The highest BCUT2D eigenvalue weighted by molar-refractivity contribution is 5.98. The molecule has 0 N–H and O–H groups in total. The van der Waals surface area contributed by atoms with Crippen molar-refractivity contribution in [2.45, 2.75) is 65.1 Å². The quantitative estimate of drug-likeness (QED) is 0.332. The summed E-state index contributed by atoms with van der Waals surface area (Å²) in [7, 11) is 0. The summed E-state index contributed by atoms with van der Waals surface area (Å²) in [6, 6.07) is 6.18. The SMILES string of the molecule is C=CC(=O)OC(C)COc1c2c(c(OCC(C)OC(=O)C=C)c3c(CC)cccc13)CCCC2. The van der Waals surface area contributed by atoms with Crippen molar-refractivity contribution in [2.75, 3.05) is 13.2 Å². The van der Waals surface area contributed by atoms with E-state index in [2.05, 4.69) is 26.1 Å². The summed E-state index contributed by atoms with van der Waals surface area (Å²) in [4.78, 5) is 23.2. The van der Waals surface area contributed by atoms with Crippen LogP contribution >= 0.6 is 0 Å². The van der Waals surface area contributed by atoms with Crippen LogP contribution in [0.3, 0.4) is 0 Å². The molecule has 2 aromatic rings. The first-order chi connectivity index (χ1) is 16.4. The number of esters is 2. The van der Waals surface area contributed by atoms with E-state index >= 15 is 0 Å². The van der Waals surface area contributed by atoms with Gasteiger partial charge in [0.2, 0.25) is 0 Å². The number of benzene rings is 2. The Bertz CT molecular complexity index is 1070.